The van der Waals surface area contributed by atoms with Crippen LogP contribution in [0, 0.1) is 0 Å². The van der Waals surface area contributed by atoms with Crippen LogP contribution in [0.1, 0.15) is 43.5 Å². The Labute approximate surface area is 708 Å². The van der Waals surface area contributed by atoms with E-state index >= 15 is 0 Å². The predicted octanol–water partition coefficient (Wildman–Crippen LogP) is 28.9. The first-order chi connectivity index (χ1) is 58.6. The van der Waals surface area contributed by atoms with Crippen LogP contribution in [0.2, 0.25) is 0 Å². The Hall–Kier alpha value is -13.8. The van der Waals surface area contributed by atoms with Crippen LogP contribution in [-0.4, -0.2) is 31.7 Å². The summed E-state index contributed by atoms with van der Waals surface area (Å²) in [6.45, 7) is 0. The van der Waals surface area contributed by atoms with E-state index in [4.69, 9.17) is 18.2 Å². The topological polar surface area (TPSA) is 111 Å². The second kappa shape index (κ2) is 32.4. The Morgan fingerprint density at radius 1 is 0.311 bits per heavy atom. The Kier molecular flexibility index (Phi) is 20.1. The average molecular weight is 1670 g/mol. The highest BCUT2D eigenvalue weighted by Gasteiger charge is 2.24. The number of halogens is 2. The van der Waals surface area contributed by atoms with E-state index in [0.717, 1.165) is 151 Å². The molecule has 6 heterocycles. The van der Waals surface area contributed by atoms with Crippen molar-refractivity contribution < 1.29 is 26.2 Å². The fourth-order valence-corrected chi connectivity index (χ4v) is 17.9. The number of hydrogen-bond acceptors (Lipinski definition) is 7. The molecule has 0 spiro atoms. The number of pyridine rings is 2. The number of para-hydroxylation sites is 7. The van der Waals surface area contributed by atoms with Crippen molar-refractivity contribution in [1.29, 1.82) is 0 Å². The highest BCUT2D eigenvalue weighted by Crippen LogP contribution is 2.45. The maximum Gasteiger partial charge on any atom is 0.492 e. The van der Waals surface area contributed by atoms with Gasteiger partial charge in [-0.2, -0.15) is 0 Å². The van der Waals surface area contributed by atoms with E-state index in [2.05, 4.69) is 339 Å². The number of benzene rings is 15. The quantitative estimate of drug-likeness (QED) is 0.115. The van der Waals surface area contributed by atoms with Gasteiger partial charge in [0.1, 0.15) is 43.9 Å². The number of nitrogens with zero attached hydrogens (tertiary/aromatic N) is 3. The van der Waals surface area contributed by atoms with Crippen LogP contribution in [0.5, 0.6) is 0 Å². The minimum Gasteiger partial charge on any atom is -0.456 e. The third-order valence-corrected chi connectivity index (χ3v) is 23.7. The summed E-state index contributed by atoms with van der Waals surface area (Å²) in [5, 5.41) is 27.4. The van der Waals surface area contributed by atoms with Crippen LogP contribution in [0.4, 0.5) is 0 Å². The van der Waals surface area contributed by atoms with Crippen LogP contribution in [0.25, 0.3) is 177 Å². The zero-order valence-corrected chi connectivity index (χ0v) is 67.7. The Morgan fingerprint density at radius 2 is 0.765 bits per heavy atom. The summed E-state index contributed by atoms with van der Waals surface area (Å²) in [5.41, 5.74) is 32.4. The molecular formula is C108H78BBr2N3O5. The van der Waals surface area contributed by atoms with Crippen LogP contribution in [-0.2, 0) is 12.8 Å². The van der Waals surface area contributed by atoms with Gasteiger partial charge in [-0.15, -0.1) is 0 Å². The highest BCUT2D eigenvalue weighted by molar-refractivity contribution is 9.10. The predicted molar refractivity (Wildman–Crippen MR) is 503 cm³/mol. The summed E-state index contributed by atoms with van der Waals surface area (Å²) in [4.78, 5) is 9.83. The van der Waals surface area contributed by atoms with Gasteiger partial charge in [0.2, 0.25) is 0 Å². The van der Waals surface area contributed by atoms with Crippen molar-refractivity contribution in [3.63, 3.8) is 0 Å². The van der Waals surface area contributed by atoms with Gasteiger partial charge in [0.05, 0.1) is 22.4 Å². The van der Waals surface area contributed by atoms with E-state index < -0.39 is 7.12 Å². The van der Waals surface area contributed by atoms with E-state index in [1.54, 1.807) is 12.1 Å². The summed E-state index contributed by atoms with van der Waals surface area (Å²) in [7, 11) is -1.51. The van der Waals surface area contributed by atoms with E-state index in [0.29, 0.717) is 11.0 Å². The second-order valence-corrected chi connectivity index (χ2v) is 31.8. The zero-order chi connectivity index (χ0) is 79.9. The maximum absolute atomic E-state index is 9.24. The SMILES string of the molecule is Brc1cc(C2=CCCC=C2)cc(-c2ccccc2)n1.Brc1ccc2c(c1)-c1ccccc1C2.OB(O)c1cccc2c1oc1ccccc12.[HH].[HH].c1ccc(-c2cc(-c3ccccc3)nc(-n3c4ccccc4c4cc(-c5cccc6c5oc5ccccc56)ccc43)c2)cc1.c1ccc2c(c1)Cc1ccc(-c3cccc4c3oc3ccccc34)cc1-2. The summed E-state index contributed by atoms with van der Waals surface area (Å²) < 4.78 is 22.6. The molecule has 8 nitrogen and oxygen atoms in total. The van der Waals surface area contributed by atoms with E-state index in [9.17, 15) is 10.0 Å². The highest BCUT2D eigenvalue weighted by atomic mass is 79.9. The molecule has 2 N–H and O–H groups in total. The lowest BCUT2D eigenvalue weighted by Gasteiger charge is -2.13. The molecule has 0 aliphatic heterocycles. The molecule has 11 heteroatoms. The number of aromatic nitrogens is 3. The molecule has 15 aromatic carbocycles. The van der Waals surface area contributed by atoms with Crippen molar-refractivity contribution >= 4 is 138 Å². The first-order valence-electron chi connectivity index (χ1n) is 40.1. The fraction of sp³-hybridized carbons (Fsp3) is 0.0370. The smallest absolute Gasteiger partial charge is 0.456 e. The number of rotatable bonds is 8. The van der Waals surface area contributed by atoms with Crippen molar-refractivity contribution in [2.24, 2.45) is 0 Å². The minimum atomic E-state index is -1.51. The molecule has 21 aromatic rings. The van der Waals surface area contributed by atoms with Gasteiger partial charge >= 0.3 is 7.12 Å². The lowest BCUT2D eigenvalue weighted by Crippen LogP contribution is -2.29. The summed E-state index contributed by atoms with van der Waals surface area (Å²) >= 11 is 7.03. The van der Waals surface area contributed by atoms with Crippen molar-refractivity contribution in [1.82, 2.24) is 14.5 Å². The average Bonchev–Trinajstić information content (AvgIpc) is 1.58. The molecule has 0 unspecified atom stereocenters. The summed E-state index contributed by atoms with van der Waals surface area (Å²) in [5.74, 6) is 0.892. The van der Waals surface area contributed by atoms with Gasteiger partial charge in [0, 0.05) is 78.1 Å². The molecule has 0 atom stereocenters. The van der Waals surface area contributed by atoms with Gasteiger partial charge in [-0.1, -0.05) is 325 Å². The molecule has 0 amide bonds. The van der Waals surface area contributed by atoms with Crippen molar-refractivity contribution in [2.75, 3.05) is 0 Å². The maximum atomic E-state index is 9.24. The van der Waals surface area contributed by atoms with Crippen LogP contribution in [0.3, 0.4) is 0 Å². The number of hydrogen-bond donors (Lipinski definition) is 2. The molecule has 0 bridgehead atoms. The Bertz CT molecular complexity index is 7460. The normalized spacial score (nSPS) is 12.3. The van der Waals surface area contributed by atoms with Crippen molar-refractivity contribution in [3.05, 3.63) is 425 Å². The molecule has 572 valence electrons. The standard InChI is InChI=1S/C41H26N2O.C25H16O.C17H14BrN.C13H9Br.C12H9BO3.2H2/c1-3-12-27(13-4-1)30-25-36(28-14-5-2-6-15-28)42-40(26-30)43-37-20-9-7-16-32(37)35-24-29(22-23-38(35)43)31-18-11-19-34-33-17-8-10-21-39(33)44-41(31)34;1-2-7-19-16(6-1)14-17-12-13-18(15-23(17)19)20-9-5-10-22-21-8-3-4-11-24(21)26-25(20)22;18-17-12-15(13-7-3-1-4-8-13)11-16(19-17)14-9-5-2-6-10-14;14-11-6-5-10-7-9-3-1-2-4-12(9)13(10)8-11;14-13(15)10-6-3-5-9-8-4-1-2-7-11(8)16-12(9)10;;/h1-26H;1-13,15H,14H2;2-3,5-12H,1,4H2;1-6,8H,7H2;1-7,14-15H;2*1H. The molecule has 0 radical (unpaired) electrons. The Morgan fingerprint density at radius 3 is 1.36 bits per heavy atom. The number of furan rings is 3. The molecule has 24 rings (SSSR count). The monoisotopic (exact) mass is 1670 g/mol. The van der Waals surface area contributed by atoms with E-state index in [1.165, 1.54) is 82.8 Å². The van der Waals surface area contributed by atoms with Crippen LogP contribution in [0.15, 0.2) is 411 Å². The van der Waals surface area contributed by atoms with Gasteiger partial charge in [-0.3, -0.25) is 4.57 Å². The first kappa shape index (κ1) is 74.1. The molecule has 0 saturated carbocycles. The third kappa shape index (κ3) is 14.6. The molecule has 3 aliphatic rings. The van der Waals surface area contributed by atoms with E-state index in [1.807, 2.05) is 78.9 Å². The molecular weight excluding hydrogens is 1590 g/mol. The van der Waals surface area contributed by atoms with E-state index in [-0.39, 0.29) is 2.85 Å². The molecule has 119 heavy (non-hydrogen) atoms. The third-order valence-electron chi connectivity index (χ3n) is 22.8. The Balaban J connectivity index is 0.000000111. The van der Waals surface area contributed by atoms with Gasteiger partial charge in [0.15, 0.2) is 0 Å². The fourth-order valence-electron chi connectivity index (χ4n) is 17.1. The van der Waals surface area contributed by atoms with Gasteiger partial charge in [0.25, 0.3) is 0 Å². The second-order valence-electron chi connectivity index (χ2n) is 30.1. The van der Waals surface area contributed by atoms with Gasteiger partial charge in [-0.05, 0) is 198 Å². The van der Waals surface area contributed by atoms with Crippen LogP contribution >= 0.6 is 31.9 Å². The van der Waals surface area contributed by atoms with Crippen LogP contribution < -0.4 is 5.46 Å². The molecule has 6 aromatic heterocycles. The number of fused-ring (bicyclic) bond motifs is 18. The van der Waals surface area contributed by atoms with Gasteiger partial charge < -0.3 is 23.3 Å². The molecule has 0 fully saturated rings. The molecule has 0 saturated heterocycles. The van der Waals surface area contributed by atoms with Crippen molar-refractivity contribution in [2.45, 2.75) is 25.7 Å². The molecule has 3 aliphatic carbocycles. The summed E-state index contributed by atoms with van der Waals surface area (Å²) in [6.07, 6.45) is 11.1. The zero-order valence-electron chi connectivity index (χ0n) is 64.6. The lowest BCUT2D eigenvalue weighted by molar-refractivity contribution is 0.425. The largest absolute Gasteiger partial charge is 0.492 e. The minimum absolute atomic E-state index is 0. The van der Waals surface area contributed by atoms with Gasteiger partial charge in [-0.25, -0.2) is 9.97 Å². The lowest BCUT2D eigenvalue weighted by atomic mass is 9.79. The summed E-state index contributed by atoms with van der Waals surface area (Å²) in [6, 6.07) is 128. The number of allylic oxidation sites excluding steroid dienone is 4. The van der Waals surface area contributed by atoms with Crippen molar-refractivity contribution in [3.8, 4) is 84.0 Å². The first-order valence-corrected chi connectivity index (χ1v) is 41.7.